The molecule has 0 radical (unpaired) electrons. The van der Waals surface area contributed by atoms with Crippen LogP contribution in [0.1, 0.15) is 11.1 Å². The fourth-order valence-corrected chi connectivity index (χ4v) is 4.71. The highest BCUT2D eigenvalue weighted by Crippen LogP contribution is 2.38. The first-order valence-corrected chi connectivity index (χ1v) is 12.4. The summed E-state index contributed by atoms with van der Waals surface area (Å²) in [5.41, 5.74) is 3.86. The molecule has 0 aliphatic heterocycles. The molecule has 0 unspecified atom stereocenters. The van der Waals surface area contributed by atoms with Gasteiger partial charge in [0.1, 0.15) is 11.4 Å². The molecule has 0 atom stereocenters. The largest absolute Gasteiger partial charge is 0.494 e. The second-order valence-corrected chi connectivity index (χ2v) is 9.35. The van der Waals surface area contributed by atoms with Gasteiger partial charge in [-0.1, -0.05) is 54.1 Å². The number of carboxylic acid groups (broad SMARTS) is 1. The molecule has 0 spiro atoms. The van der Waals surface area contributed by atoms with E-state index in [0.29, 0.717) is 27.6 Å². The maximum atomic E-state index is 15.3. The lowest BCUT2D eigenvalue weighted by Gasteiger charge is -2.17. The number of thioether (sulfide) groups is 1. The number of nitrogens with one attached hydrogen (secondary N) is 1. The van der Waals surface area contributed by atoms with Crippen LogP contribution >= 0.6 is 23.4 Å². The summed E-state index contributed by atoms with van der Waals surface area (Å²) in [6, 6.07) is 25.9. The normalized spacial score (nSPS) is 11.0. The van der Waals surface area contributed by atoms with Crippen molar-refractivity contribution in [3.05, 3.63) is 113 Å². The quantitative estimate of drug-likeness (QED) is 0.172. The predicted octanol–water partition coefficient (Wildman–Crippen LogP) is 8.29. The van der Waals surface area contributed by atoms with Gasteiger partial charge in [-0.3, -0.25) is 0 Å². The van der Waals surface area contributed by atoms with E-state index in [1.54, 1.807) is 42.1 Å². The van der Waals surface area contributed by atoms with Crippen molar-refractivity contribution >= 4 is 46.8 Å². The van der Waals surface area contributed by atoms with Crippen molar-refractivity contribution in [2.45, 2.75) is 10.6 Å². The molecule has 182 valence electrons. The number of carboxylic acids is 1. The fourth-order valence-electron chi connectivity index (χ4n) is 3.62. The number of hydrogen-bond donors (Lipinski definition) is 2. The second kappa shape index (κ2) is 11.8. The van der Waals surface area contributed by atoms with E-state index in [4.69, 9.17) is 21.4 Å². The van der Waals surface area contributed by atoms with Gasteiger partial charge in [-0.15, -0.1) is 11.8 Å². The van der Waals surface area contributed by atoms with Crippen molar-refractivity contribution < 1.29 is 19.0 Å². The molecule has 0 fully saturated rings. The van der Waals surface area contributed by atoms with Gasteiger partial charge in [0.25, 0.3) is 0 Å². The number of carbonyl (C=O) groups is 1. The summed E-state index contributed by atoms with van der Waals surface area (Å²) in [4.78, 5) is 12.1. The topological polar surface area (TPSA) is 58.6 Å². The minimum Gasteiger partial charge on any atom is -0.494 e. The van der Waals surface area contributed by atoms with Crippen LogP contribution in [0.2, 0.25) is 5.02 Å². The monoisotopic (exact) mass is 519 g/mol. The Hall–Kier alpha value is -3.74. The summed E-state index contributed by atoms with van der Waals surface area (Å²) in [6.07, 6.45) is 2.55. The first-order valence-electron chi connectivity index (χ1n) is 11.0. The van der Waals surface area contributed by atoms with Gasteiger partial charge in [0.15, 0.2) is 5.82 Å². The Kier molecular flexibility index (Phi) is 8.31. The van der Waals surface area contributed by atoms with Gasteiger partial charge < -0.3 is 15.2 Å². The molecule has 2 N–H and O–H groups in total. The molecule has 0 saturated carbocycles. The standard InChI is InChI=1S/C29H23ClFNO3S/c1-35-27-17-22(20-8-5-9-23(30)14-20)16-25(31)29(27)32-26-12-11-24(15-21(26)10-13-28(33)34)36-18-19-6-3-2-4-7-19/h2-17,32H,18H2,1H3,(H,33,34)/b13-10+. The molecule has 4 nitrogen and oxygen atoms in total. The Balaban J connectivity index is 1.65. The first-order chi connectivity index (χ1) is 17.4. The van der Waals surface area contributed by atoms with Crippen molar-refractivity contribution in [1.82, 2.24) is 0 Å². The highest BCUT2D eigenvalue weighted by atomic mass is 35.5. The van der Waals surface area contributed by atoms with Crippen molar-refractivity contribution in [3.8, 4) is 16.9 Å². The minimum atomic E-state index is -1.07. The first kappa shape index (κ1) is 25.4. The number of benzene rings is 4. The third-order valence-electron chi connectivity index (χ3n) is 5.37. The lowest BCUT2D eigenvalue weighted by molar-refractivity contribution is -0.131. The molecule has 0 amide bonds. The van der Waals surface area contributed by atoms with E-state index in [1.807, 2.05) is 36.4 Å². The summed E-state index contributed by atoms with van der Waals surface area (Å²) in [7, 11) is 1.47. The van der Waals surface area contributed by atoms with E-state index < -0.39 is 11.8 Å². The molecule has 4 aromatic carbocycles. The highest BCUT2D eigenvalue weighted by Gasteiger charge is 2.15. The van der Waals surface area contributed by atoms with Crippen molar-refractivity contribution in [2.24, 2.45) is 0 Å². The summed E-state index contributed by atoms with van der Waals surface area (Å²) in [6.45, 7) is 0. The minimum absolute atomic E-state index is 0.151. The van der Waals surface area contributed by atoms with E-state index in [1.165, 1.54) is 24.8 Å². The lowest BCUT2D eigenvalue weighted by Crippen LogP contribution is -2.01. The molecule has 0 saturated heterocycles. The fraction of sp³-hybridized carbons (Fsp3) is 0.0690. The molecule has 0 aliphatic carbocycles. The van der Waals surface area contributed by atoms with Crippen LogP contribution in [-0.4, -0.2) is 18.2 Å². The predicted molar refractivity (Wildman–Crippen MR) is 146 cm³/mol. The molecular weight excluding hydrogens is 497 g/mol. The summed E-state index contributed by atoms with van der Waals surface area (Å²) in [5, 5.41) is 12.8. The van der Waals surface area contributed by atoms with Gasteiger partial charge in [-0.05, 0) is 70.8 Å². The van der Waals surface area contributed by atoms with E-state index in [9.17, 15) is 4.79 Å². The van der Waals surface area contributed by atoms with E-state index >= 15 is 4.39 Å². The van der Waals surface area contributed by atoms with Crippen LogP contribution in [0.3, 0.4) is 0 Å². The second-order valence-electron chi connectivity index (χ2n) is 7.87. The van der Waals surface area contributed by atoms with Gasteiger partial charge in [0.05, 0.1) is 7.11 Å². The van der Waals surface area contributed by atoms with Crippen LogP contribution in [0.4, 0.5) is 15.8 Å². The zero-order chi connectivity index (χ0) is 25.5. The summed E-state index contributed by atoms with van der Waals surface area (Å²) >= 11 is 7.73. The van der Waals surface area contributed by atoms with Crippen LogP contribution in [0.15, 0.2) is 95.9 Å². The smallest absolute Gasteiger partial charge is 0.328 e. The van der Waals surface area contributed by atoms with Crippen molar-refractivity contribution in [2.75, 3.05) is 12.4 Å². The Morgan fingerprint density at radius 1 is 1.03 bits per heavy atom. The molecule has 7 heteroatoms. The van der Waals surface area contributed by atoms with Crippen LogP contribution in [0.5, 0.6) is 5.75 Å². The van der Waals surface area contributed by atoms with E-state index in [2.05, 4.69) is 17.4 Å². The van der Waals surface area contributed by atoms with Gasteiger partial charge in [0, 0.05) is 27.4 Å². The number of halogens is 2. The average Bonchev–Trinajstić information content (AvgIpc) is 2.88. The van der Waals surface area contributed by atoms with Gasteiger partial charge in [0.2, 0.25) is 0 Å². The molecule has 0 aromatic heterocycles. The maximum absolute atomic E-state index is 15.3. The molecule has 0 heterocycles. The number of aliphatic carboxylic acids is 1. The zero-order valence-corrected chi connectivity index (χ0v) is 20.9. The number of anilines is 2. The van der Waals surface area contributed by atoms with Gasteiger partial charge in [-0.2, -0.15) is 0 Å². The zero-order valence-electron chi connectivity index (χ0n) is 19.4. The van der Waals surface area contributed by atoms with E-state index in [0.717, 1.165) is 22.3 Å². The third-order valence-corrected chi connectivity index (χ3v) is 6.67. The average molecular weight is 520 g/mol. The molecular formula is C29H23ClFNO3S. The van der Waals surface area contributed by atoms with Crippen LogP contribution < -0.4 is 10.1 Å². The maximum Gasteiger partial charge on any atom is 0.328 e. The number of ether oxygens (including phenoxy) is 1. The third kappa shape index (κ3) is 6.47. The Morgan fingerprint density at radius 2 is 1.83 bits per heavy atom. The molecule has 4 rings (SSSR count). The van der Waals surface area contributed by atoms with Crippen LogP contribution in [0, 0.1) is 5.82 Å². The Labute approximate surface area is 218 Å². The number of hydrogen-bond acceptors (Lipinski definition) is 4. The van der Waals surface area contributed by atoms with Crippen molar-refractivity contribution in [1.29, 1.82) is 0 Å². The molecule has 0 aliphatic rings. The lowest BCUT2D eigenvalue weighted by atomic mass is 10.0. The van der Waals surface area contributed by atoms with Crippen molar-refractivity contribution in [3.63, 3.8) is 0 Å². The Morgan fingerprint density at radius 3 is 2.56 bits per heavy atom. The van der Waals surface area contributed by atoms with Crippen LogP contribution in [0.25, 0.3) is 17.2 Å². The molecule has 36 heavy (non-hydrogen) atoms. The number of rotatable bonds is 9. The molecule has 0 bridgehead atoms. The summed E-state index contributed by atoms with van der Waals surface area (Å²) in [5.74, 6) is -0.512. The highest BCUT2D eigenvalue weighted by molar-refractivity contribution is 7.98. The SMILES string of the molecule is COc1cc(-c2cccc(Cl)c2)cc(F)c1Nc1ccc(SCc2ccccc2)cc1/C=C/C(=O)O. The number of methoxy groups -OCH3 is 1. The van der Waals surface area contributed by atoms with E-state index in [-0.39, 0.29) is 5.69 Å². The van der Waals surface area contributed by atoms with Gasteiger partial charge in [-0.25, -0.2) is 9.18 Å². The Bertz CT molecular complexity index is 1410. The molecule has 4 aromatic rings. The van der Waals surface area contributed by atoms with Gasteiger partial charge >= 0.3 is 5.97 Å². The summed E-state index contributed by atoms with van der Waals surface area (Å²) < 4.78 is 20.8. The van der Waals surface area contributed by atoms with Crippen LogP contribution in [-0.2, 0) is 10.5 Å².